The molecule has 0 saturated carbocycles. The highest BCUT2D eigenvalue weighted by atomic mass is 32.2. The monoisotopic (exact) mass is 263 g/mol. The van der Waals surface area contributed by atoms with Crippen molar-refractivity contribution in [3.05, 3.63) is 29.8 Å². The van der Waals surface area contributed by atoms with Gasteiger partial charge in [0.25, 0.3) is 0 Å². The SMILES string of the molecule is N#CCc1ccc(NC(=O)CSCC(=O)[O-])cc1. The second-order valence-electron chi connectivity index (χ2n) is 3.44. The van der Waals surface area contributed by atoms with E-state index < -0.39 is 5.97 Å². The molecule has 94 valence electrons. The molecule has 0 saturated heterocycles. The van der Waals surface area contributed by atoms with E-state index in [0.717, 1.165) is 17.3 Å². The Kier molecular flexibility index (Phi) is 5.74. The first-order chi connectivity index (χ1) is 8.61. The third kappa shape index (κ3) is 5.37. The predicted molar refractivity (Wildman–Crippen MR) is 66.7 cm³/mol. The maximum absolute atomic E-state index is 11.4. The molecule has 0 bridgehead atoms. The Labute approximate surface area is 109 Å². The summed E-state index contributed by atoms with van der Waals surface area (Å²) >= 11 is 0.983. The van der Waals surface area contributed by atoms with Gasteiger partial charge in [0.1, 0.15) is 0 Å². The maximum atomic E-state index is 11.4. The van der Waals surface area contributed by atoms with E-state index in [1.54, 1.807) is 24.3 Å². The van der Waals surface area contributed by atoms with Crippen LogP contribution in [0.25, 0.3) is 0 Å². The highest BCUT2D eigenvalue weighted by molar-refractivity contribution is 8.00. The molecule has 1 N–H and O–H groups in total. The van der Waals surface area contributed by atoms with Crippen LogP contribution in [0.15, 0.2) is 24.3 Å². The standard InChI is InChI=1S/C12H12N2O3S/c13-6-5-9-1-3-10(4-2-9)14-11(15)7-18-8-12(16)17/h1-4H,5,7-8H2,(H,14,15)(H,16,17)/p-1. The van der Waals surface area contributed by atoms with Crippen LogP contribution in [0, 0.1) is 11.3 Å². The van der Waals surface area contributed by atoms with Crippen molar-refractivity contribution in [3.63, 3.8) is 0 Å². The van der Waals surface area contributed by atoms with Crippen molar-refractivity contribution in [2.75, 3.05) is 16.8 Å². The molecule has 0 unspecified atom stereocenters. The number of hydrogen-bond acceptors (Lipinski definition) is 5. The number of hydrogen-bond donors (Lipinski definition) is 1. The number of carbonyl (C=O) groups is 2. The van der Waals surface area contributed by atoms with Crippen LogP contribution in [0.2, 0.25) is 0 Å². The van der Waals surface area contributed by atoms with Gasteiger partial charge in [-0.25, -0.2) is 0 Å². The van der Waals surface area contributed by atoms with Crippen LogP contribution in [0.1, 0.15) is 5.56 Å². The van der Waals surface area contributed by atoms with E-state index in [0.29, 0.717) is 12.1 Å². The number of benzene rings is 1. The fourth-order valence-electron chi connectivity index (χ4n) is 1.22. The molecule has 6 heteroatoms. The lowest BCUT2D eigenvalue weighted by atomic mass is 10.1. The fraction of sp³-hybridized carbons (Fsp3) is 0.250. The van der Waals surface area contributed by atoms with Gasteiger partial charge in [-0.3, -0.25) is 4.79 Å². The van der Waals surface area contributed by atoms with Gasteiger partial charge in [0.2, 0.25) is 5.91 Å². The molecule has 0 aliphatic rings. The molecule has 0 radical (unpaired) electrons. The topological polar surface area (TPSA) is 93.0 Å². The van der Waals surface area contributed by atoms with Gasteiger partial charge in [0, 0.05) is 11.4 Å². The molecular formula is C12H11N2O3S-. The first kappa shape index (κ1) is 14.1. The molecule has 5 nitrogen and oxygen atoms in total. The van der Waals surface area contributed by atoms with Crippen molar-refractivity contribution in [3.8, 4) is 6.07 Å². The summed E-state index contributed by atoms with van der Waals surface area (Å²) in [5.74, 6) is -1.59. The maximum Gasteiger partial charge on any atom is 0.234 e. The van der Waals surface area contributed by atoms with Crippen LogP contribution < -0.4 is 10.4 Å². The quantitative estimate of drug-likeness (QED) is 0.790. The average molecular weight is 263 g/mol. The molecule has 0 aromatic heterocycles. The zero-order valence-corrected chi connectivity index (χ0v) is 10.3. The third-order valence-electron chi connectivity index (χ3n) is 1.97. The minimum Gasteiger partial charge on any atom is -0.549 e. The summed E-state index contributed by atoms with van der Waals surface area (Å²) in [6.07, 6.45) is 0.329. The summed E-state index contributed by atoms with van der Waals surface area (Å²) in [6, 6.07) is 8.95. The number of anilines is 1. The molecule has 1 aromatic rings. The Hall–Kier alpha value is -2.00. The largest absolute Gasteiger partial charge is 0.549 e. The summed E-state index contributed by atoms with van der Waals surface area (Å²) < 4.78 is 0. The fourth-order valence-corrected chi connectivity index (χ4v) is 1.75. The van der Waals surface area contributed by atoms with Crippen molar-refractivity contribution < 1.29 is 14.7 Å². The van der Waals surface area contributed by atoms with E-state index in [9.17, 15) is 14.7 Å². The highest BCUT2D eigenvalue weighted by Gasteiger charge is 2.02. The number of carboxylic acid groups (broad SMARTS) is 1. The summed E-state index contributed by atoms with van der Waals surface area (Å²) in [4.78, 5) is 21.6. The zero-order chi connectivity index (χ0) is 13.4. The molecule has 0 atom stereocenters. The molecule has 1 amide bonds. The van der Waals surface area contributed by atoms with Gasteiger partial charge in [0.05, 0.1) is 24.2 Å². The average Bonchev–Trinajstić information content (AvgIpc) is 2.31. The Morgan fingerprint density at radius 1 is 1.28 bits per heavy atom. The van der Waals surface area contributed by atoms with Crippen LogP contribution in [0.3, 0.4) is 0 Å². The minimum absolute atomic E-state index is 0.0634. The van der Waals surface area contributed by atoms with Crippen LogP contribution in [0.4, 0.5) is 5.69 Å². The molecule has 18 heavy (non-hydrogen) atoms. The molecule has 0 aliphatic heterocycles. The van der Waals surface area contributed by atoms with Gasteiger partial charge in [-0.05, 0) is 17.7 Å². The highest BCUT2D eigenvalue weighted by Crippen LogP contribution is 2.10. The minimum atomic E-state index is -1.19. The van der Waals surface area contributed by atoms with Crippen molar-refractivity contribution in [1.82, 2.24) is 0 Å². The number of rotatable bonds is 6. The van der Waals surface area contributed by atoms with E-state index in [1.165, 1.54) is 0 Å². The third-order valence-corrected chi connectivity index (χ3v) is 2.88. The normalized spacial score (nSPS) is 9.50. The number of nitriles is 1. The Balaban J connectivity index is 2.40. The number of thioether (sulfide) groups is 1. The van der Waals surface area contributed by atoms with Crippen LogP contribution >= 0.6 is 11.8 Å². The number of aliphatic carboxylic acids is 1. The Morgan fingerprint density at radius 2 is 1.94 bits per heavy atom. The van der Waals surface area contributed by atoms with Gasteiger partial charge >= 0.3 is 0 Å². The van der Waals surface area contributed by atoms with Crippen LogP contribution in [-0.4, -0.2) is 23.4 Å². The number of amides is 1. The summed E-state index contributed by atoms with van der Waals surface area (Å²) in [5, 5.41) is 21.3. The lowest BCUT2D eigenvalue weighted by Gasteiger charge is -2.06. The van der Waals surface area contributed by atoms with Gasteiger partial charge in [-0.15, -0.1) is 11.8 Å². The molecule has 1 rings (SSSR count). The van der Waals surface area contributed by atoms with E-state index in [-0.39, 0.29) is 17.4 Å². The number of carbonyl (C=O) groups excluding carboxylic acids is 2. The van der Waals surface area contributed by atoms with Gasteiger partial charge in [-0.2, -0.15) is 5.26 Å². The molecule has 0 aliphatic carbocycles. The van der Waals surface area contributed by atoms with Crippen molar-refractivity contribution >= 4 is 29.3 Å². The van der Waals surface area contributed by atoms with Gasteiger partial charge < -0.3 is 15.2 Å². The first-order valence-corrected chi connectivity index (χ1v) is 6.30. The molecule has 0 heterocycles. The molecule has 1 aromatic carbocycles. The Bertz CT molecular complexity index is 465. The van der Waals surface area contributed by atoms with Gasteiger partial charge in [-0.1, -0.05) is 12.1 Å². The number of nitrogens with one attached hydrogen (secondary N) is 1. The summed E-state index contributed by atoms with van der Waals surface area (Å²) in [7, 11) is 0. The zero-order valence-electron chi connectivity index (χ0n) is 9.51. The van der Waals surface area contributed by atoms with Crippen molar-refractivity contribution in [1.29, 1.82) is 5.26 Å². The molecule has 0 spiro atoms. The van der Waals surface area contributed by atoms with E-state index in [4.69, 9.17) is 5.26 Å². The van der Waals surface area contributed by atoms with Crippen molar-refractivity contribution in [2.24, 2.45) is 0 Å². The molecule has 0 fully saturated rings. The first-order valence-electron chi connectivity index (χ1n) is 5.15. The van der Waals surface area contributed by atoms with Gasteiger partial charge in [0.15, 0.2) is 0 Å². The van der Waals surface area contributed by atoms with Crippen molar-refractivity contribution in [2.45, 2.75) is 6.42 Å². The number of nitrogens with zero attached hydrogens (tertiary/aromatic N) is 1. The van der Waals surface area contributed by atoms with E-state index in [2.05, 4.69) is 5.32 Å². The lowest BCUT2D eigenvalue weighted by molar-refractivity contribution is -0.301. The predicted octanol–water partition coefficient (Wildman–Crippen LogP) is 0.174. The Morgan fingerprint density at radius 3 is 2.50 bits per heavy atom. The summed E-state index contributed by atoms with van der Waals surface area (Å²) in [6.45, 7) is 0. The summed E-state index contributed by atoms with van der Waals surface area (Å²) in [5.41, 5.74) is 1.50. The van der Waals surface area contributed by atoms with E-state index >= 15 is 0 Å². The second-order valence-corrected chi connectivity index (χ2v) is 4.43. The second kappa shape index (κ2) is 7.35. The van der Waals surface area contributed by atoms with Crippen LogP contribution in [0.5, 0.6) is 0 Å². The number of carboxylic acids is 1. The van der Waals surface area contributed by atoms with Crippen LogP contribution in [-0.2, 0) is 16.0 Å². The van der Waals surface area contributed by atoms with E-state index in [1.807, 2.05) is 6.07 Å². The lowest BCUT2D eigenvalue weighted by Crippen LogP contribution is -2.25. The molecular weight excluding hydrogens is 252 g/mol. The smallest absolute Gasteiger partial charge is 0.234 e.